The van der Waals surface area contributed by atoms with Crippen molar-refractivity contribution in [3.63, 3.8) is 0 Å². The summed E-state index contributed by atoms with van der Waals surface area (Å²) in [5.41, 5.74) is 3.67. The highest BCUT2D eigenvalue weighted by molar-refractivity contribution is 6.00. The van der Waals surface area contributed by atoms with E-state index < -0.39 is 23.6 Å². The Morgan fingerprint density at radius 1 is 1.33 bits per heavy atom. The predicted octanol–water partition coefficient (Wildman–Crippen LogP) is -2.16. The molecular formula is C8H11N3O4. The molecule has 0 aliphatic heterocycles. The van der Waals surface area contributed by atoms with Gasteiger partial charge < -0.3 is 10.8 Å². The van der Waals surface area contributed by atoms with Crippen LogP contribution in [-0.2, 0) is 14.1 Å². The number of carbonyl (C=O) groups excluding carboxylic acids is 1. The summed E-state index contributed by atoms with van der Waals surface area (Å²) in [6.07, 6.45) is 0. The molecule has 82 valence electrons. The maximum Gasteiger partial charge on any atom is 0.332 e. The summed E-state index contributed by atoms with van der Waals surface area (Å²) in [6, 6.07) is 0. The Bertz CT molecular complexity index is 526. The molecule has 1 heterocycles. The smallest absolute Gasteiger partial charge is 0.332 e. The minimum absolute atomic E-state index is 0.234. The lowest BCUT2D eigenvalue weighted by atomic mass is 10.2. The van der Waals surface area contributed by atoms with Gasteiger partial charge in [-0.3, -0.25) is 18.7 Å². The molecule has 0 saturated carbocycles. The van der Waals surface area contributed by atoms with E-state index in [0.717, 1.165) is 9.13 Å². The van der Waals surface area contributed by atoms with Crippen LogP contribution in [0.3, 0.4) is 0 Å². The van der Waals surface area contributed by atoms with Crippen LogP contribution in [0.2, 0.25) is 0 Å². The number of nitrogens with zero attached hydrogens (tertiary/aromatic N) is 2. The van der Waals surface area contributed by atoms with Gasteiger partial charge in [-0.15, -0.1) is 0 Å². The van der Waals surface area contributed by atoms with Crippen LogP contribution in [0.4, 0.5) is 5.82 Å². The van der Waals surface area contributed by atoms with E-state index in [9.17, 15) is 14.4 Å². The number of aliphatic hydroxyl groups is 1. The number of ketones is 1. The number of hydrogen-bond acceptors (Lipinski definition) is 5. The van der Waals surface area contributed by atoms with Gasteiger partial charge in [-0.2, -0.15) is 0 Å². The predicted molar refractivity (Wildman–Crippen MR) is 52.8 cm³/mol. The molecule has 0 aliphatic carbocycles. The van der Waals surface area contributed by atoms with Crippen molar-refractivity contribution in [3.05, 3.63) is 26.4 Å². The largest absolute Gasteiger partial charge is 0.388 e. The summed E-state index contributed by atoms with van der Waals surface area (Å²) in [5.74, 6) is -1.04. The fraction of sp³-hybridized carbons (Fsp3) is 0.375. The topological polar surface area (TPSA) is 107 Å². The van der Waals surface area contributed by atoms with Gasteiger partial charge in [0.2, 0.25) is 0 Å². The number of hydrogen-bond donors (Lipinski definition) is 2. The maximum absolute atomic E-state index is 11.5. The first-order valence-corrected chi connectivity index (χ1v) is 4.11. The first-order chi connectivity index (χ1) is 6.91. The average molecular weight is 213 g/mol. The van der Waals surface area contributed by atoms with Gasteiger partial charge in [0, 0.05) is 14.1 Å². The number of anilines is 1. The van der Waals surface area contributed by atoms with Crippen molar-refractivity contribution in [2.75, 3.05) is 12.3 Å². The van der Waals surface area contributed by atoms with Gasteiger partial charge in [-0.05, 0) is 0 Å². The van der Waals surface area contributed by atoms with Gasteiger partial charge in [-0.1, -0.05) is 0 Å². The Morgan fingerprint density at radius 3 is 2.33 bits per heavy atom. The summed E-state index contributed by atoms with van der Waals surface area (Å²) >= 11 is 0. The number of aliphatic hydroxyl groups excluding tert-OH is 1. The zero-order valence-electron chi connectivity index (χ0n) is 8.35. The quantitative estimate of drug-likeness (QED) is 0.544. The molecule has 1 aromatic heterocycles. The first-order valence-electron chi connectivity index (χ1n) is 4.11. The fourth-order valence-corrected chi connectivity index (χ4v) is 1.20. The van der Waals surface area contributed by atoms with Gasteiger partial charge in [0.1, 0.15) is 18.0 Å². The van der Waals surface area contributed by atoms with Crippen molar-refractivity contribution in [1.29, 1.82) is 0 Å². The van der Waals surface area contributed by atoms with Crippen molar-refractivity contribution < 1.29 is 9.90 Å². The SMILES string of the molecule is Cn1c(N)c(C(=O)CO)c(=O)n(C)c1=O. The summed E-state index contributed by atoms with van der Waals surface area (Å²) in [5, 5.41) is 8.65. The molecule has 0 bridgehead atoms. The molecule has 0 unspecified atom stereocenters. The normalized spacial score (nSPS) is 10.3. The Kier molecular flexibility index (Phi) is 2.76. The van der Waals surface area contributed by atoms with Crippen molar-refractivity contribution >= 4 is 11.6 Å². The highest BCUT2D eigenvalue weighted by Gasteiger charge is 2.18. The van der Waals surface area contributed by atoms with Crippen molar-refractivity contribution in [3.8, 4) is 0 Å². The molecule has 0 radical (unpaired) electrons. The summed E-state index contributed by atoms with van der Waals surface area (Å²) < 4.78 is 1.74. The molecule has 3 N–H and O–H groups in total. The minimum atomic E-state index is -0.822. The molecule has 1 aromatic rings. The van der Waals surface area contributed by atoms with Crippen LogP contribution in [0, 0.1) is 0 Å². The molecule has 7 nitrogen and oxygen atoms in total. The second-order valence-electron chi connectivity index (χ2n) is 3.05. The van der Waals surface area contributed by atoms with E-state index >= 15 is 0 Å². The average Bonchev–Trinajstić information content (AvgIpc) is 2.23. The van der Waals surface area contributed by atoms with Crippen LogP contribution in [0.5, 0.6) is 0 Å². The first kappa shape index (κ1) is 11.2. The molecule has 0 spiro atoms. The number of rotatable bonds is 2. The Labute approximate surface area is 84.4 Å². The molecule has 1 rings (SSSR count). The van der Waals surface area contributed by atoms with E-state index in [1.807, 2.05) is 0 Å². The molecular weight excluding hydrogens is 202 g/mol. The molecule has 0 saturated heterocycles. The van der Waals surface area contributed by atoms with E-state index in [-0.39, 0.29) is 11.4 Å². The number of nitrogens with two attached hydrogens (primary N) is 1. The zero-order valence-corrected chi connectivity index (χ0v) is 8.35. The van der Waals surface area contributed by atoms with E-state index in [1.54, 1.807) is 0 Å². The second kappa shape index (κ2) is 3.70. The van der Waals surface area contributed by atoms with Crippen LogP contribution in [0.1, 0.15) is 10.4 Å². The van der Waals surface area contributed by atoms with E-state index in [1.165, 1.54) is 14.1 Å². The third-order valence-corrected chi connectivity index (χ3v) is 2.13. The standard InChI is InChI=1S/C8H11N3O4/c1-10-6(9)5(4(13)3-12)7(14)11(2)8(10)15/h12H,3,9H2,1-2H3. The van der Waals surface area contributed by atoms with Crippen LogP contribution in [0.15, 0.2) is 9.59 Å². The van der Waals surface area contributed by atoms with Crippen LogP contribution in [0.25, 0.3) is 0 Å². The van der Waals surface area contributed by atoms with Crippen molar-refractivity contribution in [2.45, 2.75) is 0 Å². The minimum Gasteiger partial charge on any atom is -0.388 e. The van der Waals surface area contributed by atoms with Crippen LogP contribution >= 0.6 is 0 Å². The highest BCUT2D eigenvalue weighted by atomic mass is 16.3. The monoisotopic (exact) mass is 213 g/mol. The third kappa shape index (κ3) is 1.57. The van der Waals surface area contributed by atoms with E-state index in [2.05, 4.69) is 0 Å². The van der Waals surface area contributed by atoms with Gasteiger partial charge in [0.15, 0.2) is 5.78 Å². The zero-order chi connectivity index (χ0) is 11.7. The lowest BCUT2D eigenvalue weighted by Crippen LogP contribution is -2.42. The fourth-order valence-electron chi connectivity index (χ4n) is 1.20. The molecule has 0 amide bonds. The van der Waals surface area contributed by atoms with Crippen LogP contribution < -0.4 is 17.0 Å². The molecule has 0 atom stereocenters. The van der Waals surface area contributed by atoms with Gasteiger partial charge in [0.25, 0.3) is 5.56 Å². The van der Waals surface area contributed by atoms with Crippen molar-refractivity contribution in [2.24, 2.45) is 14.1 Å². The maximum atomic E-state index is 11.5. The third-order valence-electron chi connectivity index (χ3n) is 2.13. The Hall–Kier alpha value is -1.89. The highest BCUT2D eigenvalue weighted by Crippen LogP contribution is 2.02. The van der Waals surface area contributed by atoms with Crippen LogP contribution in [-0.4, -0.2) is 26.6 Å². The lowest BCUT2D eigenvalue weighted by molar-refractivity contribution is 0.0901. The Balaban J connectivity index is 3.76. The Morgan fingerprint density at radius 2 is 1.87 bits per heavy atom. The van der Waals surface area contributed by atoms with Gasteiger partial charge >= 0.3 is 5.69 Å². The van der Waals surface area contributed by atoms with Crippen molar-refractivity contribution in [1.82, 2.24) is 9.13 Å². The summed E-state index contributed by atoms with van der Waals surface area (Å²) in [7, 11) is 2.57. The molecule has 15 heavy (non-hydrogen) atoms. The van der Waals surface area contributed by atoms with E-state index in [4.69, 9.17) is 10.8 Å². The number of Topliss-reactive ketones (excluding diaryl/α,β-unsaturated/α-hetero) is 1. The summed E-state index contributed by atoms with van der Waals surface area (Å²) in [4.78, 5) is 34.1. The molecule has 0 aromatic carbocycles. The lowest BCUT2D eigenvalue weighted by Gasteiger charge is -2.09. The van der Waals surface area contributed by atoms with Gasteiger partial charge in [-0.25, -0.2) is 4.79 Å². The van der Waals surface area contributed by atoms with E-state index in [0.29, 0.717) is 0 Å². The van der Waals surface area contributed by atoms with Gasteiger partial charge in [0.05, 0.1) is 0 Å². The second-order valence-corrected chi connectivity index (χ2v) is 3.05. The molecule has 7 heteroatoms. The summed E-state index contributed by atoms with van der Waals surface area (Å²) in [6.45, 7) is -0.822. The molecule has 0 aliphatic rings. The molecule has 0 fully saturated rings. The number of nitrogen functional groups attached to an aromatic ring is 1. The number of aromatic nitrogens is 2. The number of carbonyl (C=O) groups is 1.